The molecule has 0 aliphatic heterocycles. The van der Waals surface area contributed by atoms with E-state index in [2.05, 4.69) is 35.8 Å². The van der Waals surface area contributed by atoms with Gasteiger partial charge in [-0.1, -0.05) is 84.3 Å². The summed E-state index contributed by atoms with van der Waals surface area (Å²) in [6.07, 6.45) is 0. The molecule has 0 atom stereocenters. The lowest BCUT2D eigenvalue weighted by Gasteiger charge is -2.15. The number of methoxy groups -OCH3 is 2. The van der Waals surface area contributed by atoms with Crippen LogP contribution in [0.4, 0.5) is 0 Å². The van der Waals surface area contributed by atoms with Gasteiger partial charge in [0.25, 0.3) is 0 Å². The molecule has 0 unspecified atom stereocenters. The zero-order valence-corrected chi connectivity index (χ0v) is 19.1. The van der Waals surface area contributed by atoms with Crippen molar-refractivity contribution in [3.63, 3.8) is 0 Å². The van der Waals surface area contributed by atoms with Crippen molar-refractivity contribution < 1.29 is 9.47 Å². The second-order valence-corrected chi connectivity index (χ2v) is 7.75. The average Bonchev–Trinajstić information content (AvgIpc) is 2.91. The Kier molecular flexibility index (Phi) is 5.89. The van der Waals surface area contributed by atoms with Gasteiger partial charge in [-0.25, -0.2) is 0 Å². The van der Waals surface area contributed by atoms with Gasteiger partial charge in [-0.2, -0.15) is 0 Å². The molecule has 162 valence electrons. The molecule has 0 saturated heterocycles. The Morgan fingerprint density at radius 2 is 0.882 bits per heavy atom. The van der Waals surface area contributed by atoms with Crippen LogP contribution in [-0.4, -0.2) is 14.2 Å². The summed E-state index contributed by atoms with van der Waals surface area (Å²) < 4.78 is 11.6. The van der Waals surface area contributed by atoms with Crippen molar-refractivity contribution in [2.45, 2.75) is 0 Å². The Labute approximate surface area is 199 Å². The third kappa shape index (κ3) is 3.95. The van der Waals surface area contributed by atoms with E-state index in [0.29, 0.717) is 0 Å². The first kappa shape index (κ1) is 21.2. The summed E-state index contributed by atoms with van der Waals surface area (Å²) in [6.45, 7) is 0. The average molecular weight is 439 g/mol. The van der Waals surface area contributed by atoms with Crippen molar-refractivity contribution >= 4 is 21.5 Å². The number of hydrogen-bond acceptors (Lipinski definition) is 2. The van der Waals surface area contributed by atoms with Gasteiger partial charge in [0.1, 0.15) is 11.5 Å². The van der Waals surface area contributed by atoms with E-state index in [0.717, 1.165) is 55.3 Å². The first-order valence-corrected chi connectivity index (χ1v) is 11.0. The SMILES string of the molecule is COc1cccc2c(C#Cc3ccccc3)c3cccc(OC)c3c(C#Cc3ccccc3)c12. The van der Waals surface area contributed by atoms with Crippen LogP contribution >= 0.6 is 0 Å². The topological polar surface area (TPSA) is 18.5 Å². The minimum atomic E-state index is 0.755. The summed E-state index contributed by atoms with van der Waals surface area (Å²) in [4.78, 5) is 0. The van der Waals surface area contributed by atoms with E-state index in [-0.39, 0.29) is 0 Å². The van der Waals surface area contributed by atoms with E-state index in [9.17, 15) is 0 Å². The lowest BCUT2D eigenvalue weighted by Crippen LogP contribution is -1.96. The fraction of sp³-hybridized carbons (Fsp3) is 0.0625. The molecule has 5 rings (SSSR count). The molecular formula is C32H22O2. The third-order valence-electron chi connectivity index (χ3n) is 5.74. The lowest BCUT2D eigenvalue weighted by atomic mass is 9.90. The third-order valence-corrected chi connectivity index (χ3v) is 5.74. The molecule has 0 aromatic heterocycles. The van der Waals surface area contributed by atoms with E-state index in [4.69, 9.17) is 9.47 Å². The smallest absolute Gasteiger partial charge is 0.128 e. The summed E-state index contributed by atoms with van der Waals surface area (Å²) in [5, 5.41) is 3.87. The highest BCUT2D eigenvalue weighted by atomic mass is 16.5. The zero-order valence-electron chi connectivity index (χ0n) is 19.1. The van der Waals surface area contributed by atoms with Crippen LogP contribution in [0.25, 0.3) is 21.5 Å². The first-order chi connectivity index (χ1) is 16.8. The fourth-order valence-corrected chi connectivity index (χ4v) is 4.18. The molecule has 0 radical (unpaired) electrons. The van der Waals surface area contributed by atoms with Gasteiger partial charge in [-0.3, -0.25) is 0 Å². The van der Waals surface area contributed by atoms with E-state index in [1.165, 1.54) is 0 Å². The minimum absolute atomic E-state index is 0.755. The van der Waals surface area contributed by atoms with Crippen LogP contribution in [0.15, 0.2) is 97.1 Å². The van der Waals surface area contributed by atoms with Gasteiger partial charge < -0.3 is 9.47 Å². The van der Waals surface area contributed by atoms with Crippen molar-refractivity contribution in [1.29, 1.82) is 0 Å². The van der Waals surface area contributed by atoms with Gasteiger partial charge in [-0.05, 0) is 36.4 Å². The largest absolute Gasteiger partial charge is 0.496 e. The Hall–Kier alpha value is -4.66. The molecule has 2 nitrogen and oxygen atoms in total. The van der Waals surface area contributed by atoms with Gasteiger partial charge in [-0.15, -0.1) is 0 Å². The van der Waals surface area contributed by atoms with Gasteiger partial charge in [0.2, 0.25) is 0 Å². The quantitative estimate of drug-likeness (QED) is 0.223. The summed E-state index contributed by atoms with van der Waals surface area (Å²) in [5.41, 5.74) is 3.70. The van der Waals surface area contributed by atoms with Gasteiger partial charge in [0.05, 0.1) is 14.2 Å². The lowest BCUT2D eigenvalue weighted by molar-refractivity contribution is 0.418. The van der Waals surface area contributed by atoms with Crippen LogP contribution in [0.5, 0.6) is 11.5 Å². The molecule has 5 aromatic carbocycles. The maximum absolute atomic E-state index is 5.80. The molecule has 2 heteroatoms. The van der Waals surface area contributed by atoms with E-state index in [1.807, 2.05) is 84.9 Å². The second kappa shape index (κ2) is 9.45. The van der Waals surface area contributed by atoms with Crippen LogP contribution < -0.4 is 9.47 Å². The predicted molar refractivity (Wildman–Crippen MR) is 139 cm³/mol. The number of hydrogen-bond donors (Lipinski definition) is 0. The van der Waals surface area contributed by atoms with Gasteiger partial charge in [0, 0.05) is 43.8 Å². The van der Waals surface area contributed by atoms with Crippen molar-refractivity contribution in [2.75, 3.05) is 14.2 Å². The number of ether oxygens (including phenoxy) is 2. The molecule has 34 heavy (non-hydrogen) atoms. The van der Waals surface area contributed by atoms with Gasteiger partial charge >= 0.3 is 0 Å². The van der Waals surface area contributed by atoms with Crippen LogP contribution in [0.3, 0.4) is 0 Å². The molecular weight excluding hydrogens is 416 g/mol. The maximum Gasteiger partial charge on any atom is 0.128 e. The molecule has 0 spiro atoms. The highest BCUT2D eigenvalue weighted by Gasteiger charge is 2.18. The van der Waals surface area contributed by atoms with E-state index >= 15 is 0 Å². The molecule has 0 amide bonds. The molecule has 5 aromatic rings. The predicted octanol–water partition coefficient (Wildman–Crippen LogP) is 6.81. The second-order valence-electron chi connectivity index (χ2n) is 7.75. The Bertz CT molecular complexity index is 1550. The molecule has 0 bridgehead atoms. The highest BCUT2D eigenvalue weighted by molar-refractivity contribution is 6.13. The molecule has 0 aliphatic rings. The molecule has 0 N–H and O–H groups in total. The van der Waals surface area contributed by atoms with Crippen molar-refractivity contribution in [1.82, 2.24) is 0 Å². The Balaban J connectivity index is 1.91. The summed E-state index contributed by atoms with van der Waals surface area (Å²) >= 11 is 0. The molecule has 0 heterocycles. The zero-order chi connectivity index (χ0) is 23.3. The van der Waals surface area contributed by atoms with E-state index in [1.54, 1.807) is 14.2 Å². The minimum Gasteiger partial charge on any atom is -0.496 e. The molecule has 0 aliphatic carbocycles. The van der Waals surface area contributed by atoms with Crippen LogP contribution in [-0.2, 0) is 0 Å². The summed E-state index contributed by atoms with van der Waals surface area (Å²) in [5.74, 6) is 15.0. The van der Waals surface area contributed by atoms with Crippen molar-refractivity contribution in [3.05, 3.63) is 119 Å². The first-order valence-electron chi connectivity index (χ1n) is 11.0. The molecule has 0 saturated carbocycles. The molecule has 0 fully saturated rings. The summed E-state index contributed by atoms with van der Waals surface area (Å²) in [6, 6.07) is 32.1. The van der Waals surface area contributed by atoms with Gasteiger partial charge in [0.15, 0.2) is 0 Å². The highest BCUT2D eigenvalue weighted by Crippen LogP contribution is 2.41. The van der Waals surface area contributed by atoms with Crippen LogP contribution in [0, 0.1) is 23.7 Å². The Morgan fingerprint density at radius 3 is 1.32 bits per heavy atom. The van der Waals surface area contributed by atoms with Crippen molar-refractivity contribution in [2.24, 2.45) is 0 Å². The van der Waals surface area contributed by atoms with Crippen molar-refractivity contribution in [3.8, 4) is 35.2 Å². The number of rotatable bonds is 2. The standard InChI is InChI=1S/C32H22O2/c1-33-29-17-9-15-26-25(21-19-23-11-5-3-6-12-23)27-16-10-18-30(34-2)32(27)28(31(26)29)22-20-24-13-7-4-8-14-24/h3-18H,1-2H3. The van der Waals surface area contributed by atoms with Crippen LogP contribution in [0.1, 0.15) is 22.3 Å². The maximum atomic E-state index is 5.80. The normalized spacial score (nSPS) is 10.2. The number of benzene rings is 5. The Morgan fingerprint density at radius 1 is 0.441 bits per heavy atom. The fourth-order valence-electron chi connectivity index (χ4n) is 4.18. The number of fused-ring (bicyclic) bond motifs is 2. The van der Waals surface area contributed by atoms with E-state index < -0.39 is 0 Å². The monoisotopic (exact) mass is 438 g/mol. The van der Waals surface area contributed by atoms with Crippen LogP contribution in [0.2, 0.25) is 0 Å². The summed E-state index contributed by atoms with van der Waals surface area (Å²) in [7, 11) is 3.37.